The molecule has 1 unspecified atom stereocenters. The van der Waals surface area contributed by atoms with E-state index in [-0.39, 0.29) is 17.6 Å². The number of hydrogen-bond donors (Lipinski definition) is 2. The zero-order chi connectivity index (χ0) is 17.3. The van der Waals surface area contributed by atoms with Crippen molar-refractivity contribution in [2.75, 3.05) is 5.32 Å². The Morgan fingerprint density at radius 1 is 1.38 bits per heavy atom. The lowest BCUT2D eigenvalue weighted by Gasteiger charge is -2.10. The maximum atomic E-state index is 12.5. The van der Waals surface area contributed by atoms with Crippen molar-refractivity contribution in [1.82, 2.24) is 10.1 Å². The molecule has 2 N–H and O–H groups in total. The number of nitrogens with zero attached hydrogens (tertiary/aromatic N) is 2. The molecule has 1 amide bonds. The van der Waals surface area contributed by atoms with E-state index in [1.807, 2.05) is 25.3 Å². The van der Waals surface area contributed by atoms with Crippen molar-refractivity contribution in [1.29, 1.82) is 0 Å². The van der Waals surface area contributed by atoms with Gasteiger partial charge in [0, 0.05) is 16.5 Å². The lowest BCUT2D eigenvalue weighted by atomic mass is 9.99. The predicted octanol–water partition coefficient (Wildman–Crippen LogP) is 3.86. The van der Waals surface area contributed by atoms with E-state index in [1.54, 1.807) is 25.1 Å². The molecule has 0 bridgehead atoms. The summed E-state index contributed by atoms with van der Waals surface area (Å²) in [5, 5.41) is 18.6. The van der Waals surface area contributed by atoms with E-state index >= 15 is 0 Å². The van der Waals surface area contributed by atoms with Gasteiger partial charge in [-0.05, 0) is 32.9 Å². The molecule has 124 valence electrons. The van der Waals surface area contributed by atoms with Gasteiger partial charge in [0.25, 0.3) is 0 Å². The Bertz CT molecular complexity index is 865. The summed E-state index contributed by atoms with van der Waals surface area (Å²) in [6, 6.07) is 6.84. The van der Waals surface area contributed by atoms with Gasteiger partial charge >= 0.3 is 0 Å². The van der Waals surface area contributed by atoms with Gasteiger partial charge in [-0.15, -0.1) is 11.3 Å². The number of thiazole rings is 1. The second-order valence-corrected chi connectivity index (χ2v) is 6.40. The number of nitrogens with one attached hydrogen (secondary N) is 1. The molecule has 3 aromatic rings. The van der Waals surface area contributed by atoms with Gasteiger partial charge in [0.05, 0.1) is 17.3 Å². The summed E-state index contributed by atoms with van der Waals surface area (Å²) in [6.45, 7) is 5.42. The number of phenolic OH excluding ortho intramolecular Hbond substituents is 1. The third-order valence-electron chi connectivity index (χ3n) is 3.79. The summed E-state index contributed by atoms with van der Waals surface area (Å²) in [7, 11) is 0. The highest BCUT2D eigenvalue weighted by Gasteiger charge is 2.23. The van der Waals surface area contributed by atoms with Crippen LogP contribution in [0.25, 0.3) is 11.3 Å². The first-order valence-electron chi connectivity index (χ1n) is 7.44. The highest BCUT2D eigenvalue weighted by Crippen LogP contribution is 2.29. The first kappa shape index (κ1) is 16.2. The first-order valence-corrected chi connectivity index (χ1v) is 8.32. The molecule has 2 heterocycles. The van der Waals surface area contributed by atoms with E-state index in [0.29, 0.717) is 16.6 Å². The van der Waals surface area contributed by atoms with Crippen LogP contribution in [-0.4, -0.2) is 21.2 Å². The lowest BCUT2D eigenvalue weighted by Crippen LogP contribution is -2.19. The average molecular weight is 343 g/mol. The fraction of sp³-hybridized carbons (Fsp3) is 0.235. The maximum absolute atomic E-state index is 12.5. The van der Waals surface area contributed by atoms with Gasteiger partial charge in [0.2, 0.25) is 5.91 Å². The van der Waals surface area contributed by atoms with Crippen LogP contribution in [0.2, 0.25) is 0 Å². The third kappa shape index (κ3) is 3.16. The van der Waals surface area contributed by atoms with Crippen LogP contribution in [-0.2, 0) is 4.79 Å². The number of aromatic nitrogens is 2. The Labute approximate surface area is 143 Å². The molecule has 3 rings (SSSR count). The van der Waals surface area contributed by atoms with Crippen LogP contribution < -0.4 is 5.32 Å². The Hall–Kier alpha value is -2.67. The zero-order valence-electron chi connectivity index (χ0n) is 13.5. The van der Waals surface area contributed by atoms with Crippen LogP contribution in [0.3, 0.4) is 0 Å². The van der Waals surface area contributed by atoms with Crippen LogP contribution >= 0.6 is 11.3 Å². The Kier molecular flexibility index (Phi) is 4.35. The van der Waals surface area contributed by atoms with Crippen LogP contribution in [0.5, 0.6) is 5.75 Å². The summed E-state index contributed by atoms with van der Waals surface area (Å²) >= 11 is 1.34. The summed E-state index contributed by atoms with van der Waals surface area (Å²) in [4.78, 5) is 16.9. The number of phenols is 1. The van der Waals surface area contributed by atoms with Gasteiger partial charge in [-0.3, -0.25) is 4.79 Å². The quantitative estimate of drug-likeness (QED) is 0.751. The molecule has 0 spiro atoms. The molecular weight excluding hydrogens is 326 g/mol. The average Bonchev–Trinajstić information content (AvgIpc) is 3.14. The van der Waals surface area contributed by atoms with Crippen LogP contribution in [0.4, 0.5) is 5.13 Å². The molecule has 0 fully saturated rings. The van der Waals surface area contributed by atoms with Crippen molar-refractivity contribution in [3.8, 4) is 17.0 Å². The molecule has 1 atom stereocenters. The predicted molar refractivity (Wildman–Crippen MR) is 92.2 cm³/mol. The van der Waals surface area contributed by atoms with E-state index in [1.165, 1.54) is 11.3 Å². The van der Waals surface area contributed by atoms with Gasteiger partial charge in [-0.2, -0.15) is 0 Å². The monoisotopic (exact) mass is 343 g/mol. The normalized spacial score (nSPS) is 12.1. The highest BCUT2D eigenvalue weighted by atomic mass is 32.1. The van der Waals surface area contributed by atoms with Crippen molar-refractivity contribution in [2.45, 2.75) is 26.7 Å². The molecule has 1 aromatic carbocycles. The number of benzene rings is 1. The van der Waals surface area contributed by atoms with Crippen molar-refractivity contribution in [2.24, 2.45) is 0 Å². The first-order chi connectivity index (χ1) is 11.5. The van der Waals surface area contributed by atoms with E-state index in [9.17, 15) is 9.90 Å². The number of hydrogen-bond acceptors (Lipinski definition) is 6. The topological polar surface area (TPSA) is 88.3 Å². The molecule has 0 aliphatic rings. The fourth-order valence-electron chi connectivity index (χ4n) is 2.58. The lowest BCUT2D eigenvalue weighted by molar-refractivity contribution is -0.117. The highest BCUT2D eigenvalue weighted by molar-refractivity contribution is 7.14. The standard InChI is InChI=1S/C17H17N3O3S/c1-9(15-10(2)20-23-11(15)3)16(22)19-17-18-14(8-24-17)12-5-4-6-13(21)7-12/h4-9,21H,1-3H3,(H,18,19,22). The summed E-state index contributed by atoms with van der Waals surface area (Å²) in [6.07, 6.45) is 0. The molecule has 0 saturated heterocycles. The molecule has 0 aliphatic carbocycles. The minimum Gasteiger partial charge on any atom is -0.508 e. The Morgan fingerprint density at radius 2 is 2.17 bits per heavy atom. The van der Waals surface area contributed by atoms with Crippen molar-refractivity contribution < 1.29 is 14.4 Å². The van der Waals surface area contributed by atoms with Gasteiger partial charge < -0.3 is 14.9 Å². The number of carbonyl (C=O) groups excluding carboxylic acids is 1. The molecule has 2 aromatic heterocycles. The van der Waals surface area contributed by atoms with Gasteiger partial charge in [-0.1, -0.05) is 17.3 Å². The smallest absolute Gasteiger partial charge is 0.233 e. The molecule has 0 radical (unpaired) electrons. The van der Waals surface area contributed by atoms with Gasteiger partial charge in [-0.25, -0.2) is 4.98 Å². The van der Waals surface area contributed by atoms with E-state index in [4.69, 9.17) is 4.52 Å². The number of aryl methyl sites for hydroxylation is 2. The largest absolute Gasteiger partial charge is 0.508 e. The van der Waals surface area contributed by atoms with Crippen LogP contribution in [0.1, 0.15) is 29.9 Å². The number of rotatable bonds is 4. The summed E-state index contributed by atoms with van der Waals surface area (Å²) in [5.41, 5.74) is 3.02. The SMILES string of the molecule is Cc1noc(C)c1C(C)C(=O)Nc1nc(-c2cccc(O)c2)cs1. The molecule has 7 heteroatoms. The van der Waals surface area contributed by atoms with Crippen LogP contribution in [0, 0.1) is 13.8 Å². The third-order valence-corrected chi connectivity index (χ3v) is 4.55. The van der Waals surface area contributed by atoms with E-state index in [0.717, 1.165) is 16.8 Å². The zero-order valence-corrected chi connectivity index (χ0v) is 14.3. The number of carbonyl (C=O) groups is 1. The minimum atomic E-state index is -0.385. The molecule has 24 heavy (non-hydrogen) atoms. The number of amides is 1. The van der Waals surface area contributed by atoms with Crippen molar-refractivity contribution in [3.05, 3.63) is 46.7 Å². The Balaban J connectivity index is 1.76. The van der Waals surface area contributed by atoms with E-state index in [2.05, 4.69) is 15.5 Å². The number of aromatic hydroxyl groups is 1. The fourth-order valence-corrected chi connectivity index (χ4v) is 3.30. The van der Waals surface area contributed by atoms with Gasteiger partial charge in [0.1, 0.15) is 11.5 Å². The minimum absolute atomic E-state index is 0.166. The van der Waals surface area contributed by atoms with E-state index < -0.39 is 0 Å². The van der Waals surface area contributed by atoms with Gasteiger partial charge in [0.15, 0.2) is 5.13 Å². The molecule has 0 aliphatic heterocycles. The molecule has 6 nitrogen and oxygen atoms in total. The maximum Gasteiger partial charge on any atom is 0.233 e. The molecular formula is C17H17N3O3S. The second-order valence-electron chi connectivity index (χ2n) is 5.54. The van der Waals surface area contributed by atoms with Crippen LogP contribution in [0.15, 0.2) is 34.2 Å². The number of anilines is 1. The summed E-state index contributed by atoms with van der Waals surface area (Å²) in [5.74, 6) is 0.276. The second kappa shape index (κ2) is 6.45. The summed E-state index contributed by atoms with van der Waals surface area (Å²) < 4.78 is 5.12. The molecule has 0 saturated carbocycles. The van der Waals surface area contributed by atoms with Crippen molar-refractivity contribution >= 4 is 22.4 Å². The Morgan fingerprint density at radius 3 is 2.83 bits per heavy atom. The van der Waals surface area contributed by atoms with Crippen molar-refractivity contribution in [3.63, 3.8) is 0 Å².